The van der Waals surface area contributed by atoms with E-state index in [1.54, 1.807) is 31.4 Å². The maximum Gasteiger partial charge on any atom is 0.243 e. The molecule has 1 heterocycles. The molecule has 0 radical (unpaired) electrons. The van der Waals surface area contributed by atoms with Crippen molar-refractivity contribution in [2.24, 2.45) is 5.92 Å². The van der Waals surface area contributed by atoms with Crippen molar-refractivity contribution >= 4 is 15.9 Å². The smallest absolute Gasteiger partial charge is 0.243 e. The second-order valence-electron chi connectivity index (χ2n) is 7.22. The third-order valence-electron chi connectivity index (χ3n) is 5.34. The van der Waals surface area contributed by atoms with E-state index >= 15 is 0 Å². The summed E-state index contributed by atoms with van der Waals surface area (Å²) in [7, 11) is -2.10. The number of carbonyl (C=O) groups excluding carboxylic acids is 1. The number of hydrogen-bond acceptors (Lipinski definition) is 4. The zero-order chi connectivity index (χ0) is 20.9. The molecule has 1 saturated heterocycles. The quantitative estimate of drug-likeness (QED) is 0.695. The molecule has 7 heteroatoms. The first-order chi connectivity index (χ1) is 14.0. The van der Waals surface area contributed by atoms with Crippen molar-refractivity contribution in [3.63, 3.8) is 0 Å². The van der Waals surface area contributed by atoms with Crippen molar-refractivity contribution in [1.82, 2.24) is 9.21 Å². The van der Waals surface area contributed by atoms with Gasteiger partial charge in [-0.3, -0.25) is 4.79 Å². The molecule has 1 amide bonds. The van der Waals surface area contributed by atoms with E-state index in [0.29, 0.717) is 38.2 Å². The Morgan fingerprint density at radius 2 is 1.83 bits per heavy atom. The number of benzene rings is 2. The minimum Gasteiger partial charge on any atom is -0.497 e. The predicted octanol–water partition coefficient (Wildman–Crippen LogP) is 3.14. The van der Waals surface area contributed by atoms with Gasteiger partial charge in [-0.1, -0.05) is 30.3 Å². The van der Waals surface area contributed by atoms with E-state index in [0.717, 1.165) is 5.56 Å². The van der Waals surface area contributed by atoms with Crippen LogP contribution in [-0.4, -0.2) is 50.3 Å². The van der Waals surface area contributed by atoms with Crippen LogP contribution < -0.4 is 4.74 Å². The Morgan fingerprint density at radius 1 is 1.14 bits per heavy atom. The molecule has 0 aliphatic carbocycles. The predicted molar refractivity (Wildman–Crippen MR) is 112 cm³/mol. The summed E-state index contributed by atoms with van der Waals surface area (Å²) in [5.41, 5.74) is 1.07. The number of amides is 1. The van der Waals surface area contributed by atoms with E-state index in [9.17, 15) is 13.2 Å². The Kier molecular flexibility index (Phi) is 6.92. The molecule has 0 unspecified atom stereocenters. The van der Waals surface area contributed by atoms with Crippen LogP contribution in [0.15, 0.2) is 59.5 Å². The topological polar surface area (TPSA) is 66.9 Å². The first-order valence-corrected chi connectivity index (χ1v) is 11.4. The lowest BCUT2D eigenvalue weighted by atomic mass is 9.98. The number of sulfonamides is 1. The number of piperidine rings is 1. The summed E-state index contributed by atoms with van der Waals surface area (Å²) < 4.78 is 32.6. The zero-order valence-corrected chi connectivity index (χ0v) is 17.8. The van der Waals surface area contributed by atoms with Gasteiger partial charge in [-0.15, -0.1) is 0 Å². The van der Waals surface area contributed by atoms with Crippen molar-refractivity contribution < 1.29 is 17.9 Å². The number of ether oxygens (including phenoxy) is 1. The lowest BCUT2D eigenvalue weighted by Gasteiger charge is -2.34. The van der Waals surface area contributed by atoms with E-state index in [1.807, 2.05) is 42.2 Å². The molecule has 1 aliphatic heterocycles. The molecule has 0 N–H and O–H groups in total. The van der Waals surface area contributed by atoms with Gasteiger partial charge in [0.05, 0.1) is 17.9 Å². The largest absolute Gasteiger partial charge is 0.497 e. The second-order valence-corrected chi connectivity index (χ2v) is 9.15. The summed E-state index contributed by atoms with van der Waals surface area (Å²) in [6.45, 7) is 3.74. The SMILES string of the molecule is CCN(Cc1ccccc1)C(=O)[C@@H]1CCCN(S(=O)(=O)c2ccc(OC)cc2)C1. The van der Waals surface area contributed by atoms with Crippen LogP contribution in [0.5, 0.6) is 5.75 Å². The minimum atomic E-state index is -3.64. The molecule has 0 aromatic heterocycles. The molecule has 0 spiro atoms. The van der Waals surface area contributed by atoms with Crippen LogP contribution in [-0.2, 0) is 21.4 Å². The van der Waals surface area contributed by atoms with Crippen LogP contribution in [0.1, 0.15) is 25.3 Å². The van der Waals surface area contributed by atoms with Crippen LogP contribution in [0.2, 0.25) is 0 Å². The van der Waals surface area contributed by atoms with E-state index in [1.165, 1.54) is 4.31 Å². The van der Waals surface area contributed by atoms with Crippen LogP contribution in [0.4, 0.5) is 0 Å². The van der Waals surface area contributed by atoms with Crippen molar-refractivity contribution in [3.05, 3.63) is 60.2 Å². The average molecular weight is 417 g/mol. The summed E-state index contributed by atoms with van der Waals surface area (Å²) in [5, 5.41) is 0. The lowest BCUT2D eigenvalue weighted by Crippen LogP contribution is -2.46. The van der Waals surface area contributed by atoms with Gasteiger partial charge in [-0.25, -0.2) is 8.42 Å². The van der Waals surface area contributed by atoms with Gasteiger partial charge in [0.25, 0.3) is 0 Å². The maximum atomic E-state index is 13.1. The van der Waals surface area contributed by atoms with Crippen molar-refractivity contribution in [2.75, 3.05) is 26.7 Å². The summed E-state index contributed by atoms with van der Waals surface area (Å²) in [4.78, 5) is 15.1. The van der Waals surface area contributed by atoms with Crippen LogP contribution in [0.3, 0.4) is 0 Å². The molecule has 1 fully saturated rings. The number of hydrogen-bond donors (Lipinski definition) is 0. The summed E-state index contributed by atoms with van der Waals surface area (Å²) in [5.74, 6) is 0.307. The number of rotatable bonds is 7. The molecule has 0 saturated carbocycles. The van der Waals surface area contributed by atoms with Crippen LogP contribution in [0, 0.1) is 5.92 Å². The fraction of sp³-hybridized carbons (Fsp3) is 0.409. The zero-order valence-electron chi connectivity index (χ0n) is 17.0. The molecular formula is C22H28N2O4S. The Hall–Kier alpha value is -2.38. The summed E-state index contributed by atoms with van der Waals surface area (Å²) in [6, 6.07) is 16.2. The van der Waals surface area contributed by atoms with E-state index in [2.05, 4.69) is 0 Å². The Labute approximate surface area is 173 Å². The van der Waals surface area contributed by atoms with Gasteiger partial charge in [0.2, 0.25) is 15.9 Å². The fourth-order valence-corrected chi connectivity index (χ4v) is 5.19. The molecule has 6 nitrogen and oxygen atoms in total. The molecule has 1 aliphatic rings. The standard InChI is InChI=1S/C22H28N2O4S/c1-3-23(16-18-8-5-4-6-9-18)22(25)19-10-7-15-24(17-19)29(26,27)21-13-11-20(28-2)12-14-21/h4-6,8-9,11-14,19H,3,7,10,15-17H2,1-2H3/t19-/m1/s1. The van der Waals surface area contributed by atoms with E-state index < -0.39 is 10.0 Å². The third-order valence-corrected chi connectivity index (χ3v) is 7.22. The average Bonchev–Trinajstić information content (AvgIpc) is 2.77. The normalized spacial score (nSPS) is 17.7. The van der Waals surface area contributed by atoms with Gasteiger partial charge in [-0.05, 0) is 49.6 Å². The van der Waals surface area contributed by atoms with Crippen LogP contribution in [0.25, 0.3) is 0 Å². The van der Waals surface area contributed by atoms with Gasteiger partial charge < -0.3 is 9.64 Å². The number of nitrogens with zero attached hydrogens (tertiary/aromatic N) is 2. The second kappa shape index (κ2) is 9.41. The third kappa shape index (κ3) is 4.97. The molecule has 29 heavy (non-hydrogen) atoms. The number of carbonyl (C=O) groups is 1. The molecule has 0 bridgehead atoms. The van der Waals surface area contributed by atoms with Gasteiger partial charge in [0, 0.05) is 26.2 Å². The van der Waals surface area contributed by atoms with Gasteiger partial charge in [-0.2, -0.15) is 4.31 Å². The Morgan fingerprint density at radius 3 is 2.45 bits per heavy atom. The van der Waals surface area contributed by atoms with Gasteiger partial charge in [0.1, 0.15) is 5.75 Å². The fourth-order valence-electron chi connectivity index (χ4n) is 3.67. The molecule has 3 rings (SSSR count). The highest BCUT2D eigenvalue weighted by atomic mass is 32.2. The molecular weight excluding hydrogens is 388 g/mol. The molecule has 2 aromatic carbocycles. The molecule has 1 atom stereocenters. The minimum absolute atomic E-state index is 0.0194. The highest BCUT2D eigenvalue weighted by Crippen LogP contribution is 2.26. The van der Waals surface area contributed by atoms with Gasteiger partial charge >= 0.3 is 0 Å². The van der Waals surface area contributed by atoms with Crippen molar-refractivity contribution in [1.29, 1.82) is 0 Å². The highest BCUT2D eigenvalue weighted by Gasteiger charge is 2.34. The molecule has 2 aromatic rings. The monoisotopic (exact) mass is 416 g/mol. The first-order valence-electron chi connectivity index (χ1n) is 9.92. The Bertz CT molecular complexity index is 914. The van der Waals surface area contributed by atoms with E-state index in [-0.39, 0.29) is 23.3 Å². The first kappa shape index (κ1) is 21.3. The van der Waals surface area contributed by atoms with E-state index in [4.69, 9.17) is 4.74 Å². The summed E-state index contributed by atoms with van der Waals surface area (Å²) >= 11 is 0. The maximum absolute atomic E-state index is 13.1. The lowest BCUT2D eigenvalue weighted by molar-refractivity contribution is -0.137. The van der Waals surface area contributed by atoms with Crippen molar-refractivity contribution in [2.45, 2.75) is 31.2 Å². The van der Waals surface area contributed by atoms with Crippen molar-refractivity contribution in [3.8, 4) is 5.75 Å². The number of methoxy groups -OCH3 is 1. The van der Waals surface area contributed by atoms with Gasteiger partial charge in [0.15, 0.2) is 0 Å². The Balaban J connectivity index is 1.72. The van der Waals surface area contributed by atoms with Crippen LogP contribution >= 0.6 is 0 Å². The molecule has 156 valence electrons. The highest BCUT2D eigenvalue weighted by molar-refractivity contribution is 7.89. The summed E-state index contributed by atoms with van der Waals surface area (Å²) in [6.07, 6.45) is 1.38.